The summed E-state index contributed by atoms with van der Waals surface area (Å²) < 4.78 is 13.4. The van der Waals surface area contributed by atoms with E-state index in [2.05, 4.69) is 32.9 Å². The van der Waals surface area contributed by atoms with Gasteiger partial charge in [0, 0.05) is 11.4 Å². The topological polar surface area (TPSA) is 12.4 Å². The Morgan fingerprint density at radius 2 is 1.74 bits per heavy atom. The van der Waals surface area contributed by atoms with Crippen LogP contribution < -0.4 is 0 Å². The maximum atomic E-state index is 13.4. The van der Waals surface area contributed by atoms with Crippen LogP contribution in [-0.4, -0.2) is 5.71 Å². The fourth-order valence-electron chi connectivity index (χ4n) is 2.02. The highest BCUT2D eigenvalue weighted by atomic mass is 19.1. The molecule has 0 aliphatic carbocycles. The lowest BCUT2D eigenvalue weighted by molar-refractivity contribution is 0.618. The van der Waals surface area contributed by atoms with Crippen molar-refractivity contribution in [1.82, 2.24) is 0 Å². The lowest BCUT2D eigenvalue weighted by atomic mass is 10.0. The molecule has 0 aliphatic rings. The van der Waals surface area contributed by atoms with Gasteiger partial charge in [0.2, 0.25) is 0 Å². The average molecular weight is 313 g/mol. The van der Waals surface area contributed by atoms with Crippen LogP contribution in [0.15, 0.2) is 52.2 Å². The summed E-state index contributed by atoms with van der Waals surface area (Å²) >= 11 is 0. The van der Waals surface area contributed by atoms with E-state index in [0.717, 1.165) is 34.5 Å². The van der Waals surface area contributed by atoms with Crippen molar-refractivity contribution < 1.29 is 4.39 Å². The number of hydrogen-bond donors (Lipinski definition) is 0. The van der Waals surface area contributed by atoms with E-state index in [4.69, 9.17) is 4.99 Å². The van der Waals surface area contributed by atoms with E-state index in [-0.39, 0.29) is 5.82 Å². The summed E-state index contributed by atoms with van der Waals surface area (Å²) in [5.74, 6) is -0.171. The van der Waals surface area contributed by atoms with Crippen LogP contribution in [0.4, 0.5) is 4.39 Å². The number of halogens is 1. The third kappa shape index (κ3) is 5.63. The minimum absolute atomic E-state index is 0.171. The van der Waals surface area contributed by atoms with E-state index in [0.29, 0.717) is 5.56 Å². The van der Waals surface area contributed by atoms with Crippen molar-refractivity contribution in [3.05, 3.63) is 64.1 Å². The molecule has 124 valence electrons. The van der Waals surface area contributed by atoms with Gasteiger partial charge in [0.05, 0.1) is 0 Å². The van der Waals surface area contributed by atoms with Crippen LogP contribution in [0, 0.1) is 12.7 Å². The molecule has 0 spiro atoms. The summed E-state index contributed by atoms with van der Waals surface area (Å²) in [6.45, 7) is 14.2. The van der Waals surface area contributed by atoms with Gasteiger partial charge in [-0.15, -0.1) is 0 Å². The largest absolute Gasteiger partial charge is 0.258 e. The Kier molecular flexibility index (Phi) is 7.15. The highest BCUT2D eigenvalue weighted by molar-refractivity contribution is 5.99. The molecule has 0 unspecified atom stereocenters. The molecule has 1 rings (SSSR count). The maximum Gasteiger partial charge on any atom is 0.126 e. The number of aryl methyl sites for hydroxylation is 1. The van der Waals surface area contributed by atoms with Gasteiger partial charge >= 0.3 is 0 Å². The van der Waals surface area contributed by atoms with Crippen LogP contribution in [0.5, 0.6) is 0 Å². The van der Waals surface area contributed by atoms with Crippen LogP contribution in [0.3, 0.4) is 0 Å². The predicted molar refractivity (Wildman–Crippen MR) is 100 cm³/mol. The van der Waals surface area contributed by atoms with Crippen molar-refractivity contribution in [3.8, 4) is 0 Å². The molecule has 0 N–H and O–H groups in total. The normalized spacial score (nSPS) is 14.9. The Morgan fingerprint density at radius 1 is 1.09 bits per heavy atom. The molecule has 0 fully saturated rings. The van der Waals surface area contributed by atoms with Crippen molar-refractivity contribution in [2.45, 2.75) is 54.9 Å². The minimum Gasteiger partial charge on any atom is -0.258 e. The summed E-state index contributed by atoms with van der Waals surface area (Å²) in [6, 6.07) is 5.19. The number of allylic oxidation sites excluding steroid dienone is 6. The quantitative estimate of drug-likeness (QED) is 0.426. The van der Waals surface area contributed by atoms with Gasteiger partial charge in [0.25, 0.3) is 0 Å². The molecule has 0 saturated heterocycles. The number of rotatable bonds is 5. The van der Waals surface area contributed by atoms with Gasteiger partial charge < -0.3 is 0 Å². The van der Waals surface area contributed by atoms with E-state index in [1.54, 1.807) is 6.92 Å². The fourth-order valence-corrected chi connectivity index (χ4v) is 2.02. The molecule has 0 atom stereocenters. The van der Waals surface area contributed by atoms with Crippen molar-refractivity contribution in [2.75, 3.05) is 0 Å². The summed E-state index contributed by atoms with van der Waals surface area (Å²) in [5.41, 5.74) is 7.20. The number of nitrogens with zero attached hydrogens (tertiary/aromatic N) is 1. The molecule has 2 heteroatoms. The van der Waals surface area contributed by atoms with E-state index in [1.165, 1.54) is 11.6 Å². The fraction of sp³-hybridized carbons (Fsp3) is 0.381. The van der Waals surface area contributed by atoms with Gasteiger partial charge in [-0.25, -0.2) is 4.39 Å². The SMILES string of the molecule is CC/C(C)=C/C=C(C)\C(C)=N/C(C)=C(\C)c1ccc(F)c(C)c1. The van der Waals surface area contributed by atoms with Gasteiger partial charge in [0.1, 0.15) is 5.82 Å². The molecule has 1 aromatic carbocycles. The van der Waals surface area contributed by atoms with Crippen molar-refractivity contribution in [3.63, 3.8) is 0 Å². The number of aliphatic imine (C=N–C) groups is 1. The van der Waals surface area contributed by atoms with Crippen molar-refractivity contribution >= 4 is 11.3 Å². The number of hydrogen-bond acceptors (Lipinski definition) is 1. The molecule has 0 heterocycles. The third-order valence-electron chi connectivity index (χ3n) is 4.22. The zero-order valence-corrected chi connectivity index (χ0v) is 15.4. The Bertz CT molecular complexity index is 688. The second-order valence-electron chi connectivity index (χ2n) is 6.09. The van der Waals surface area contributed by atoms with Crippen LogP contribution in [0.1, 0.15) is 59.1 Å². The second kappa shape index (κ2) is 8.61. The van der Waals surface area contributed by atoms with Crippen LogP contribution >= 0.6 is 0 Å². The molecule has 1 aromatic rings. The standard InChI is InChI=1S/C21H28FN/c1-8-14(2)9-10-15(3)18(6)23-19(7)17(5)20-11-12-21(22)16(4)13-20/h9-13H,8H2,1-7H3/b14-9+,15-10-,19-17+,23-18-. The Balaban J connectivity index is 3.10. The lowest BCUT2D eigenvalue weighted by Gasteiger charge is -2.08. The number of benzene rings is 1. The average Bonchev–Trinajstić information content (AvgIpc) is 2.53. The van der Waals surface area contributed by atoms with E-state index in [9.17, 15) is 4.39 Å². The summed E-state index contributed by atoms with van der Waals surface area (Å²) in [4.78, 5) is 4.71. The molecule has 0 saturated carbocycles. The molecular weight excluding hydrogens is 285 g/mol. The molecule has 0 bridgehead atoms. The lowest BCUT2D eigenvalue weighted by Crippen LogP contribution is -1.95. The highest BCUT2D eigenvalue weighted by Crippen LogP contribution is 2.22. The Hall–Kier alpha value is -1.96. The van der Waals surface area contributed by atoms with Gasteiger partial charge in [0.15, 0.2) is 0 Å². The smallest absolute Gasteiger partial charge is 0.126 e. The summed E-state index contributed by atoms with van der Waals surface area (Å²) in [5, 5.41) is 0. The molecule has 1 nitrogen and oxygen atoms in total. The molecular formula is C21H28FN. The van der Waals surface area contributed by atoms with E-state index < -0.39 is 0 Å². The molecule has 23 heavy (non-hydrogen) atoms. The van der Waals surface area contributed by atoms with Crippen molar-refractivity contribution in [2.24, 2.45) is 4.99 Å². The van der Waals surface area contributed by atoms with Crippen molar-refractivity contribution in [1.29, 1.82) is 0 Å². The molecule has 0 aliphatic heterocycles. The zero-order valence-electron chi connectivity index (χ0n) is 15.4. The molecule has 0 amide bonds. The van der Waals surface area contributed by atoms with Gasteiger partial charge in [-0.3, -0.25) is 4.99 Å². The summed E-state index contributed by atoms with van der Waals surface area (Å²) in [7, 11) is 0. The monoisotopic (exact) mass is 313 g/mol. The molecule has 0 aromatic heterocycles. The van der Waals surface area contributed by atoms with Gasteiger partial charge in [-0.05, 0) is 82.4 Å². The minimum atomic E-state index is -0.171. The summed E-state index contributed by atoms with van der Waals surface area (Å²) in [6.07, 6.45) is 5.31. The van der Waals surface area contributed by atoms with E-state index >= 15 is 0 Å². The predicted octanol–water partition coefficient (Wildman–Crippen LogP) is 6.65. The first-order valence-electron chi connectivity index (χ1n) is 8.10. The first kappa shape index (κ1) is 19.1. The van der Waals surface area contributed by atoms with Gasteiger partial charge in [-0.1, -0.05) is 30.7 Å². The first-order valence-corrected chi connectivity index (χ1v) is 8.10. The van der Waals surface area contributed by atoms with E-state index in [1.807, 2.05) is 32.9 Å². The third-order valence-corrected chi connectivity index (χ3v) is 4.22. The second-order valence-corrected chi connectivity index (χ2v) is 6.09. The Morgan fingerprint density at radius 3 is 2.30 bits per heavy atom. The highest BCUT2D eigenvalue weighted by Gasteiger charge is 2.04. The van der Waals surface area contributed by atoms with Crippen LogP contribution in [0.25, 0.3) is 5.57 Å². The first-order chi connectivity index (χ1) is 10.8. The zero-order chi connectivity index (χ0) is 17.6. The molecule has 0 radical (unpaired) electrons. The maximum absolute atomic E-state index is 13.4. The van der Waals surface area contributed by atoms with Crippen LogP contribution in [0.2, 0.25) is 0 Å². The Labute approximate surface area is 140 Å². The van der Waals surface area contributed by atoms with Gasteiger partial charge in [-0.2, -0.15) is 0 Å². The van der Waals surface area contributed by atoms with Crippen LogP contribution in [-0.2, 0) is 0 Å².